The number of carbonyl (C=O) groups is 2. The highest BCUT2D eigenvalue weighted by Crippen LogP contribution is 2.02. The SMILES string of the molecule is O=C1CNC(=O)N1.Oc1ccccc1. The van der Waals surface area contributed by atoms with Crippen LogP contribution in [0.25, 0.3) is 0 Å². The van der Waals surface area contributed by atoms with Crippen molar-refractivity contribution in [2.75, 3.05) is 6.54 Å². The summed E-state index contributed by atoms with van der Waals surface area (Å²) in [5.41, 5.74) is 0. The van der Waals surface area contributed by atoms with Gasteiger partial charge in [-0.1, -0.05) is 18.2 Å². The van der Waals surface area contributed by atoms with Gasteiger partial charge in [-0.25, -0.2) is 4.79 Å². The third kappa shape index (κ3) is 3.57. The normalized spacial score (nSPS) is 13.7. The van der Waals surface area contributed by atoms with Crippen molar-refractivity contribution in [3.05, 3.63) is 30.3 Å². The summed E-state index contributed by atoms with van der Waals surface area (Å²) in [4.78, 5) is 20.1. The lowest BCUT2D eigenvalue weighted by molar-refractivity contribution is -0.117. The first-order valence-electron chi connectivity index (χ1n) is 4.00. The zero-order chi connectivity index (χ0) is 10.4. The second-order valence-electron chi connectivity index (χ2n) is 2.57. The number of urea groups is 1. The molecule has 0 saturated carbocycles. The van der Waals surface area contributed by atoms with Gasteiger partial charge in [-0.2, -0.15) is 0 Å². The smallest absolute Gasteiger partial charge is 0.321 e. The molecule has 1 aliphatic heterocycles. The number of amides is 3. The molecular formula is C9H10N2O3. The summed E-state index contributed by atoms with van der Waals surface area (Å²) in [7, 11) is 0. The van der Waals surface area contributed by atoms with Gasteiger partial charge in [-0.15, -0.1) is 0 Å². The molecule has 0 unspecified atom stereocenters. The maximum absolute atomic E-state index is 10.1. The Balaban J connectivity index is 0.000000140. The molecule has 1 fully saturated rings. The van der Waals surface area contributed by atoms with Crippen LogP contribution in [0.4, 0.5) is 4.79 Å². The molecule has 1 aromatic rings. The average Bonchev–Trinajstić information content (AvgIpc) is 2.52. The third-order valence-electron chi connectivity index (χ3n) is 1.42. The molecule has 1 saturated heterocycles. The second kappa shape index (κ2) is 4.86. The summed E-state index contributed by atoms with van der Waals surface area (Å²) in [6.45, 7) is 0.124. The highest BCUT2D eigenvalue weighted by molar-refractivity contribution is 6.01. The van der Waals surface area contributed by atoms with E-state index in [9.17, 15) is 9.59 Å². The zero-order valence-corrected chi connectivity index (χ0v) is 7.36. The first-order chi connectivity index (χ1) is 6.68. The van der Waals surface area contributed by atoms with Crippen molar-refractivity contribution in [2.45, 2.75) is 0 Å². The van der Waals surface area contributed by atoms with E-state index in [1.807, 2.05) is 11.4 Å². The Morgan fingerprint density at radius 2 is 1.79 bits per heavy atom. The number of phenols is 1. The van der Waals surface area contributed by atoms with E-state index in [0.29, 0.717) is 5.75 Å². The monoisotopic (exact) mass is 194 g/mol. The maximum atomic E-state index is 10.1. The molecule has 1 aliphatic rings. The molecule has 0 aliphatic carbocycles. The molecule has 5 heteroatoms. The van der Waals surface area contributed by atoms with Gasteiger partial charge in [0.05, 0.1) is 6.54 Å². The van der Waals surface area contributed by atoms with E-state index in [2.05, 4.69) is 5.32 Å². The second-order valence-corrected chi connectivity index (χ2v) is 2.57. The minimum absolute atomic E-state index is 0.124. The predicted octanol–water partition coefficient (Wildman–Crippen LogP) is 0.218. The molecule has 5 nitrogen and oxygen atoms in total. The first kappa shape index (κ1) is 10.0. The maximum Gasteiger partial charge on any atom is 0.321 e. The third-order valence-corrected chi connectivity index (χ3v) is 1.42. The van der Waals surface area contributed by atoms with Crippen molar-refractivity contribution in [2.24, 2.45) is 0 Å². The summed E-state index contributed by atoms with van der Waals surface area (Å²) in [5.74, 6) is 0.0625. The van der Waals surface area contributed by atoms with Crippen LogP contribution in [0, 0.1) is 0 Å². The van der Waals surface area contributed by atoms with Crippen molar-refractivity contribution >= 4 is 11.9 Å². The van der Waals surface area contributed by atoms with Gasteiger partial charge in [0.15, 0.2) is 0 Å². The van der Waals surface area contributed by atoms with Gasteiger partial charge in [-0.3, -0.25) is 10.1 Å². The Morgan fingerprint density at radius 1 is 1.14 bits per heavy atom. The topological polar surface area (TPSA) is 78.4 Å². The quantitative estimate of drug-likeness (QED) is 0.517. The van der Waals surface area contributed by atoms with Crippen molar-refractivity contribution in [1.29, 1.82) is 0 Å². The van der Waals surface area contributed by atoms with Crippen LogP contribution in [-0.2, 0) is 4.79 Å². The van der Waals surface area contributed by atoms with Crippen molar-refractivity contribution in [3.63, 3.8) is 0 Å². The number of rotatable bonds is 0. The number of para-hydroxylation sites is 1. The Kier molecular flexibility index (Phi) is 3.49. The summed E-state index contributed by atoms with van der Waals surface area (Å²) in [6.07, 6.45) is 0. The molecule has 0 bridgehead atoms. The lowest BCUT2D eigenvalue weighted by Crippen LogP contribution is -2.22. The molecule has 1 heterocycles. The van der Waals surface area contributed by atoms with Crippen LogP contribution >= 0.6 is 0 Å². The fourth-order valence-electron chi connectivity index (χ4n) is 0.804. The van der Waals surface area contributed by atoms with E-state index < -0.39 is 6.03 Å². The number of phenolic OH excluding ortho intramolecular Hbond substituents is 1. The van der Waals surface area contributed by atoms with Gasteiger partial charge in [0.2, 0.25) is 5.91 Å². The predicted molar refractivity (Wildman–Crippen MR) is 49.6 cm³/mol. The highest BCUT2D eigenvalue weighted by Gasteiger charge is 2.14. The van der Waals surface area contributed by atoms with Crippen LogP contribution in [0.2, 0.25) is 0 Å². The fraction of sp³-hybridized carbons (Fsp3) is 0.111. The average molecular weight is 194 g/mol. The molecule has 2 rings (SSSR count). The Hall–Kier alpha value is -2.04. The van der Waals surface area contributed by atoms with E-state index in [-0.39, 0.29) is 12.5 Å². The zero-order valence-electron chi connectivity index (χ0n) is 7.36. The number of hydrogen-bond donors (Lipinski definition) is 3. The summed E-state index contributed by atoms with van der Waals surface area (Å²) >= 11 is 0. The highest BCUT2D eigenvalue weighted by atomic mass is 16.3. The molecule has 0 spiro atoms. The van der Waals surface area contributed by atoms with Crippen LogP contribution < -0.4 is 10.6 Å². The van der Waals surface area contributed by atoms with Gasteiger partial charge in [0.25, 0.3) is 0 Å². The lowest BCUT2D eigenvalue weighted by Gasteiger charge is -1.82. The molecule has 0 radical (unpaired) electrons. The van der Waals surface area contributed by atoms with Crippen LogP contribution in [0.1, 0.15) is 0 Å². The van der Waals surface area contributed by atoms with Crippen molar-refractivity contribution < 1.29 is 14.7 Å². The summed E-state index contributed by atoms with van der Waals surface area (Å²) < 4.78 is 0. The van der Waals surface area contributed by atoms with Gasteiger partial charge in [-0.05, 0) is 12.1 Å². The van der Waals surface area contributed by atoms with Crippen molar-refractivity contribution in [1.82, 2.24) is 10.6 Å². The Morgan fingerprint density at radius 3 is 2.00 bits per heavy atom. The number of hydrogen-bond acceptors (Lipinski definition) is 3. The number of benzene rings is 1. The molecule has 0 aromatic heterocycles. The van der Waals surface area contributed by atoms with E-state index in [4.69, 9.17) is 5.11 Å². The summed E-state index contributed by atoms with van der Waals surface area (Å²) in [5, 5.41) is 12.9. The standard InChI is InChI=1S/C6H6O.C3H4N2O2/c7-6-4-2-1-3-5-6;6-2-1-4-3(7)5-2/h1-5,7H;1H2,(H2,4,5,6,7). The van der Waals surface area contributed by atoms with Crippen molar-refractivity contribution in [3.8, 4) is 5.75 Å². The number of imide groups is 1. The summed E-state index contributed by atoms with van der Waals surface area (Å²) in [6, 6.07) is 8.31. The van der Waals surface area contributed by atoms with Crippen LogP contribution in [0.3, 0.4) is 0 Å². The number of nitrogens with one attached hydrogen (secondary N) is 2. The van der Waals surface area contributed by atoms with Crippen LogP contribution in [0.5, 0.6) is 5.75 Å². The van der Waals surface area contributed by atoms with Gasteiger partial charge < -0.3 is 10.4 Å². The number of carbonyl (C=O) groups excluding carboxylic acids is 2. The van der Waals surface area contributed by atoms with E-state index in [0.717, 1.165) is 0 Å². The van der Waals surface area contributed by atoms with Crippen LogP contribution in [-0.4, -0.2) is 23.6 Å². The van der Waals surface area contributed by atoms with E-state index in [1.54, 1.807) is 24.3 Å². The minimum Gasteiger partial charge on any atom is -0.508 e. The molecule has 14 heavy (non-hydrogen) atoms. The van der Waals surface area contributed by atoms with Gasteiger partial charge in [0.1, 0.15) is 5.75 Å². The van der Waals surface area contributed by atoms with Gasteiger partial charge in [0, 0.05) is 0 Å². The largest absolute Gasteiger partial charge is 0.508 e. The fourth-order valence-corrected chi connectivity index (χ4v) is 0.804. The minimum atomic E-state index is -0.398. The molecule has 3 N–H and O–H groups in total. The molecular weight excluding hydrogens is 184 g/mol. The lowest BCUT2D eigenvalue weighted by atomic mass is 10.3. The first-order valence-corrected chi connectivity index (χ1v) is 4.00. The van der Waals surface area contributed by atoms with E-state index >= 15 is 0 Å². The molecule has 0 atom stereocenters. The van der Waals surface area contributed by atoms with Crippen LogP contribution in [0.15, 0.2) is 30.3 Å². The molecule has 74 valence electrons. The number of aromatic hydroxyl groups is 1. The Bertz CT molecular complexity index is 310. The van der Waals surface area contributed by atoms with E-state index in [1.165, 1.54) is 0 Å². The Labute approximate surface area is 80.7 Å². The van der Waals surface area contributed by atoms with Gasteiger partial charge >= 0.3 is 6.03 Å². The molecule has 1 aromatic carbocycles. The molecule has 3 amide bonds.